The van der Waals surface area contributed by atoms with Crippen LogP contribution in [0, 0.1) is 0 Å². The number of hydrogen-bond donors (Lipinski definition) is 1. The zero-order valence-electron chi connectivity index (χ0n) is 21.4. The molecule has 6 rings (SSSR count). The van der Waals surface area contributed by atoms with E-state index in [9.17, 15) is 12.6 Å². The van der Waals surface area contributed by atoms with Crippen LogP contribution in [0.3, 0.4) is 0 Å². The maximum Gasteiger partial charge on any atom is 0.232 e. The number of hydrogen-bond acceptors (Lipinski definition) is 8. The van der Waals surface area contributed by atoms with Crippen LogP contribution in [0.25, 0.3) is 0 Å². The lowest BCUT2D eigenvalue weighted by Gasteiger charge is -2.40. The number of fused-ring (bicyclic) bond motifs is 3. The average molecular weight is 543 g/mol. The van der Waals surface area contributed by atoms with Gasteiger partial charge in [-0.05, 0) is 37.3 Å². The van der Waals surface area contributed by atoms with Crippen molar-refractivity contribution in [2.24, 2.45) is 0 Å². The summed E-state index contributed by atoms with van der Waals surface area (Å²) in [7, 11) is -2.38. The van der Waals surface area contributed by atoms with E-state index >= 15 is 0 Å². The largest absolute Gasteiger partial charge is 0.376 e. The van der Waals surface area contributed by atoms with Crippen molar-refractivity contribution in [1.82, 2.24) is 14.9 Å². The van der Waals surface area contributed by atoms with Gasteiger partial charge in [-0.3, -0.25) is 8.51 Å². The van der Waals surface area contributed by atoms with E-state index in [2.05, 4.69) is 34.8 Å². The molecule has 2 saturated heterocycles. The monoisotopic (exact) mass is 542 g/mol. The van der Waals surface area contributed by atoms with E-state index in [1.54, 1.807) is 4.31 Å². The van der Waals surface area contributed by atoms with Crippen LogP contribution in [0.2, 0.25) is 0 Å². The van der Waals surface area contributed by atoms with Crippen LogP contribution in [-0.2, 0) is 32.7 Å². The van der Waals surface area contributed by atoms with E-state index in [0.717, 1.165) is 72.9 Å². The molecule has 2 fully saturated rings. The first kappa shape index (κ1) is 24.7. The predicted octanol–water partition coefficient (Wildman–Crippen LogP) is 2.48. The SMILES string of the molecule is C=C1CCC(Nc2nc(N3CCC4(CC3)CN(S(C)(=O)=O)c3ccccc34)nc3c2S(=O)CC3)CN1C. The van der Waals surface area contributed by atoms with E-state index in [-0.39, 0.29) is 11.5 Å². The molecular formula is C26H34N6O3S2. The molecule has 1 N–H and O–H groups in total. The Morgan fingerprint density at radius 3 is 2.65 bits per heavy atom. The van der Waals surface area contributed by atoms with Crippen molar-refractivity contribution >= 4 is 38.3 Å². The Hall–Kier alpha value is -2.66. The van der Waals surface area contributed by atoms with Crippen LogP contribution >= 0.6 is 0 Å². The van der Waals surface area contributed by atoms with Crippen molar-refractivity contribution in [3.8, 4) is 0 Å². The Morgan fingerprint density at radius 1 is 1.16 bits per heavy atom. The number of allylic oxidation sites excluding steroid dienone is 1. The average Bonchev–Trinajstić information content (AvgIpc) is 3.40. The summed E-state index contributed by atoms with van der Waals surface area (Å²) in [5, 5.41) is 3.60. The molecule has 11 heteroatoms. The molecule has 0 bridgehead atoms. The van der Waals surface area contributed by atoms with Crippen LogP contribution in [0.15, 0.2) is 41.4 Å². The minimum atomic E-state index is -3.35. The van der Waals surface area contributed by atoms with Gasteiger partial charge in [-0.25, -0.2) is 13.4 Å². The van der Waals surface area contributed by atoms with Crippen LogP contribution < -0.4 is 14.5 Å². The second kappa shape index (κ2) is 8.97. The summed E-state index contributed by atoms with van der Waals surface area (Å²) in [5.41, 5.74) is 3.75. The molecule has 37 heavy (non-hydrogen) atoms. The number of sulfonamides is 1. The minimum absolute atomic E-state index is 0.204. The van der Waals surface area contributed by atoms with Gasteiger partial charge in [-0.1, -0.05) is 24.8 Å². The molecule has 0 radical (unpaired) electrons. The molecule has 2 unspecified atom stereocenters. The third-order valence-electron chi connectivity index (χ3n) is 8.43. The molecule has 2 atom stereocenters. The third-order valence-corrected chi connectivity index (χ3v) is 11.0. The van der Waals surface area contributed by atoms with Gasteiger partial charge in [0.1, 0.15) is 10.7 Å². The molecule has 0 saturated carbocycles. The van der Waals surface area contributed by atoms with Crippen LogP contribution in [-0.4, -0.2) is 78.8 Å². The molecule has 198 valence electrons. The van der Waals surface area contributed by atoms with E-state index in [1.807, 2.05) is 18.2 Å². The van der Waals surface area contributed by atoms with Gasteiger partial charge in [0.15, 0.2) is 0 Å². The highest BCUT2D eigenvalue weighted by Gasteiger charge is 2.47. The van der Waals surface area contributed by atoms with Gasteiger partial charge in [-0.15, -0.1) is 0 Å². The van der Waals surface area contributed by atoms with Crippen molar-refractivity contribution in [2.75, 3.05) is 59.8 Å². The van der Waals surface area contributed by atoms with Crippen molar-refractivity contribution in [1.29, 1.82) is 0 Å². The summed E-state index contributed by atoms with van der Waals surface area (Å²) >= 11 is 0. The molecule has 4 aliphatic heterocycles. The Kier molecular flexibility index (Phi) is 5.98. The van der Waals surface area contributed by atoms with E-state index in [1.165, 1.54) is 6.26 Å². The van der Waals surface area contributed by atoms with Crippen LogP contribution in [0.4, 0.5) is 17.5 Å². The lowest BCUT2D eigenvalue weighted by Crippen LogP contribution is -2.46. The number of rotatable bonds is 4. The highest BCUT2D eigenvalue weighted by atomic mass is 32.2. The second-order valence-electron chi connectivity index (χ2n) is 10.8. The molecule has 2 aromatic rings. The number of piperidine rings is 2. The van der Waals surface area contributed by atoms with Gasteiger partial charge in [0.25, 0.3) is 0 Å². The molecule has 4 aliphatic rings. The first-order valence-corrected chi connectivity index (χ1v) is 16.1. The molecular weight excluding hydrogens is 508 g/mol. The third kappa shape index (κ3) is 4.29. The Labute approximate surface area is 221 Å². The number of likely N-dealkylation sites (N-methyl/N-ethyl adjacent to an activating group) is 1. The normalized spacial score (nSPS) is 24.9. The summed E-state index contributed by atoms with van der Waals surface area (Å²) in [6.45, 7) is 6.91. The van der Waals surface area contributed by atoms with Crippen molar-refractivity contribution < 1.29 is 12.6 Å². The van der Waals surface area contributed by atoms with E-state index in [4.69, 9.17) is 9.97 Å². The summed E-state index contributed by atoms with van der Waals surface area (Å²) in [4.78, 5) is 14.9. The molecule has 0 amide bonds. The van der Waals surface area contributed by atoms with Crippen molar-refractivity contribution in [2.45, 2.75) is 48.5 Å². The van der Waals surface area contributed by atoms with Gasteiger partial charge < -0.3 is 15.1 Å². The fourth-order valence-corrected chi connectivity index (χ4v) is 8.57. The van der Waals surface area contributed by atoms with Gasteiger partial charge in [-0.2, -0.15) is 4.98 Å². The number of benzene rings is 1. The quantitative estimate of drug-likeness (QED) is 0.629. The first-order valence-electron chi connectivity index (χ1n) is 12.9. The Bertz CT molecular complexity index is 1390. The van der Waals surface area contributed by atoms with Crippen LogP contribution in [0.1, 0.15) is 36.9 Å². The molecule has 1 aromatic heterocycles. The maximum absolute atomic E-state index is 12.8. The smallest absolute Gasteiger partial charge is 0.232 e. The van der Waals surface area contributed by atoms with E-state index in [0.29, 0.717) is 30.5 Å². The molecule has 5 heterocycles. The highest BCUT2D eigenvalue weighted by Crippen LogP contribution is 2.48. The van der Waals surface area contributed by atoms with Crippen molar-refractivity contribution in [3.63, 3.8) is 0 Å². The van der Waals surface area contributed by atoms with Crippen molar-refractivity contribution in [3.05, 3.63) is 47.8 Å². The summed E-state index contributed by atoms with van der Waals surface area (Å²) < 4.78 is 39.5. The van der Waals surface area contributed by atoms with Gasteiger partial charge in [0, 0.05) is 62.6 Å². The first-order chi connectivity index (χ1) is 17.6. The number of para-hydroxylation sites is 1. The summed E-state index contributed by atoms with van der Waals surface area (Å²) in [5.74, 6) is 1.97. The van der Waals surface area contributed by atoms with Crippen LogP contribution in [0.5, 0.6) is 0 Å². The number of anilines is 3. The highest BCUT2D eigenvalue weighted by molar-refractivity contribution is 7.92. The topological polar surface area (TPSA) is 98.7 Å². The number of likely N-dealkylation sites (tertiary alicyclic amines) is 1. The standard InChI is InChI=1S/C26H34N6O3S2/c1-18-8-9-19(16-30(18)2)27-24-23-21(10-15-36(23)33)28-25(29-24)31-13-11-26(12-14-31)17-32(37(3,34)35)22-7-5-4-6-20(22)26/h4-7,19H,1,8-17H2,2-3H3,(H,27,28,29). The Balaban J connectivity index is 1.25. The molecule has 0 aliphatic carbocycles. The summed E-state index contributed by atoms with van der Waals surface area (Å²) in [6, 6.07) is 8.11. The number of nitrogens with zero attached hydrogens (tertiary/aromatic N) is 5. The lowest BCUT2D eigenvalue weighted by molar-refractivity contribution is 0.325. The van der Waals surface area contributed by atoms with Gasteiger partial charge in [0.05, 0.1) is 28.4 Å². The fourth-order valence-electron chi connectivity index (χ4n) is 6.26. The zero-order valence-corrected chi connectivity index (χ0v) is 23.1. The summed E-state index contributed by atoms with van der Waals surface area (Å²) in [6.07, 6.45) is 5.52. The predicted molar refractivity (Wildman–Crippen MR) is 147 cm³/mol. The minimum Gasteiger partial charge on any atom is -0.376 e. The molecule has 1 aromatic carbocycles. The maximum atomic E-state index is 12.8. The Morgan fingerprint density at radius 2 is 1.92 bits per heavy atom. The lowest BCUT2D eigenvalue weighted by atomic mass is 9.74. The van der Waals surface area contributed by atoms with Gasteiger partial charge >= 0.3 is 0 Å². The number of aromatic nitrogens is 2. The number of aryl methyl sites for hydroxylation is 1. The second-order valence-corrected chi connectivity index (χ2v) is 14.2. The zero-order chi connectivity index (χ0) is 25.9. The number of nitrogens with one attached hydrogen (secondary N) is 1. The van der Waals surface area contributed by atoms with E-state index < -0.39 is 20.8 Å². The van der Waals surface area contributed by atoms with Gasteiger partial charge in [0.2, 0.25) is 16.0 Å². The molecule has 1 spiro atoms. The fraction of sp³-hybridized carbons (Fsp3) is 0.538. The molecule has 9 nitrogen and oxygen atoms in total.